The Morgan fingerprint density at radius 3 is 1.47 bits per heavy atom. The van der Waals surface area contributed by atoms with Crippen LogP contribution in [0.5, 0.6) is 0 Å². The third-order valence-electron chi connectivity index (χ3n) is 1.36. The van der Waals surface area contributed by atoms with Gasteiger partial charge in [-0.05, 0) is 39.6 Å². The molecule has 0 heterocycles. The highest BCUT2D eigenvalue weighted by atomic mass is 28.4. The second-order valence-corrected chi connectivity index (χ2v) is 5.19. The summed E-state index contributed by atoms with van der Waals surface area (Å²) in [5.41, 5.74) is 0. The molecule has 15 heavy (non-hydrogen) atoms. The van der Waals surface area contributed by atoms with Crippen LogP contribution in [0.3, 0.4) is 0 Å². The van der Waals surface area contributed by atoms with Crippen molar-refractivity contribution in [2.75, 3.05) is 19.8 Å². The highest BCUT2D eigenvalue weighted by molar-refractivity contribution is 6.59. The molecule has 0 aliphatic heterocycles. The topological polar surface area (TPSA) is 51.5 Å². The maximum Gasteiger partial charge on any atom is 0.497 e. The van der Waals surface area contributed by atoms with Gasteiger partial charge in [0.1, 0.15) is 0 Å². The lowest BCUT2D eigenvalue weighted by Gasteiger charge is -2.23. The van der Waals surface area contributed by atoms with E-state index in [0.29, 0.717) is 19.8 Å². The predicted molar refractivity (Wildman–Crippen MR) is 64.5 cm³/mol. The minimum Gasteiger partial charge on any atom is -0.374 e. The lowest BCUT2D eigenvalue weighted by molar-refractivity contribution is 0.0783. The molecular weight excluding hydrogens is 210 g/mol. The number of allylic oxidation sites excluding steroid dienone is 1. The largest absolute Gasteiger partial charge is 0.497 e. The summed E-state index contributed by atoms with van der Waals surface area (Å²) in [6.45, 7) is 11.5. The number of hydrogen-bond acceptors (Lipinski definition) is 4. The minimum absolute atomic E-state index is 0.655. The molecule has 0 amide bonds. The molecule has 0 unspecified atom stereocenters. The minimum atomic E-state index is -2.25. The lowest BCUT2D eigenvalue weighted by Crippen LogP contribution is -2.42. The Bertz CT molecular complexity index is 164. The van der Waals surface area contributed by atoms with E-state index >= 15 is 0 Å². The van der Waals surface area contributed by atoms with Crippen molar-refractivity contribution in [1.29, 1.82) is 5.41 Å². The Kier molecular flexibility index (Phi) is 13.1. The van der Waals surface area contributed by atoms with Gasteiger partial charge in [-0.1, -0.05) is 0 Å². The van der Waals surface area contributed by atoms with Gasteiger partial charge in [-0.25, -0.2) is 0 Å². The van der Waals surface area contributed by atoms with Crippen molar-refractivity contribution in [3.05, 3.63) is 6.08 Å². The zero-order valence-electron chi connectivity index (χ0n) is 10.4. The molecule has 0 atom stereocenters. The maximum absolute atomic E-state index is 6.15. The van der Waals surface area contributed by atoms with Crippen molar-refractivity contribution in [3.63, 3.8) is 0 Å². The van der Waals surface area contributed by atoms with Gasteiger partial charge in [0.25, 0.3) is 0 Å². The van der Waals surface area contributed by atoms with Crippen LogP contribution in [0, 0.1) is 5.41 Å². The molecule has 0 spiro atoms. The van der Waals surface area contributed by atoms with Crippen molar-refractivity contribution < 1.29 is 13.3 Å². The Labute approximate surface area is 94.1 Å². The molecule has 0 radical (unpaired) electrons. The first-order valence-electron chi connectivity index (χ1n) is 5.22. The summed E-state index contributed by atoms with van der Waals surface area (Å²) < 4.78 is 16.2. The summed E-state index contributed by atoms with van der Waals surface area (Å²) in [4.78, 5) is 0. The molecule has 1 N–H and O–H groups in total. The van der Waals surface area contributed by atoms with Crippen LogP contribution in [0.25, 0.3) is 0 Å². The molecule has 4 nitrogen and oxygen atoms in total. The first-order valence-corrected chi connectivity index (χ1v) is 7.44. The number of nitrogens with one attached hydrogen (secondary N) is 1. The van der Waals surface area contributed by atoms with Crippen LogP contribution in [-0.4, -0.2) is 34.5 Å². The molecule has 0 aliphatic carbocycles. The van der Waals surface area contributed by atoms with E-state index in [9.17, 15) is 0 Å². The molecule has 90 valence electrons. The fourth-order valence-electron chi connectivity index (χ4n) is 0.912. The molecule has 0 aromatic heterocycles. The van der Waals surface area contributed by atoms with E-state index in [1.165, 1.54) is 0 Å². The van der Waals surface area contributed by atoms with Gasteiger partial charge in [0, 0.05) is 26.4 Å². The molecule has 0 aliphatic rings. The smallest absolute Gasteiger partial charge is 0.374 e. The monoisotopic (exact) mass is 233 g/mol. The van der Waals surface area contributed by atoms with E-state index in [0.717, 1.165) is 0 Å². The van der Waals surface area contributed by atoms with Crippen molar-refractivity contribution in [2.45, 2.75) is 34.2 Å². The standard InChI is InChI=1S/C7H18O3Si.C3H5N/c1-5-8-11(4,9-6-2)10-7-3;1-2-3-4/h5-7H2,1-4H3;2,4H,1H3. The number of hydrogen-bond donors (Lipinski definition) is 1. The van der Waals surface area contributed by atoms with Gasteiger partial charge in [-0.3, -0.25) is 5.41 Å². The average Bonchev–Trinajstić information content (AvgIpc) is 2.19. The summed E-state index contributed by atoms with van der Waals surface area (Å²) in [5.74, 6) is 2.06. The fraction of sp³-hybridized carbons (Fsp3) is 0.800. The molecule has 0 saturated heterocycles. The summed E-state index contributed by atoms with van der Waals surface area (Å²) in [6, 6.07) is 0. The van der Waals surface area contributed by atoms with Crippen LogP contribution < -0.4 is 0 Å². The van der Waals surface area contributed by atoms with Crippen molar-refractivity contribution >= 4 is 14.7 Å². The molecule has 0 aromatic carbocycles. The zero-order chi connectivity index (χ0) is 12.2. The van der Waals surface area contributed by atoms with E-state index in [2.05, 4.69) is 5.87 Å². The predicted octanol–water partition coefficient (Wildman–Crippen LogP) is 2.48. The third-order valence-corrected chi connectivity index (χ3v) is 3.80. The average molecular weight is 233 g/mol. The Hall–Kier alpha value is -0.453. The van der Waals surface area contributed by atoms with Gasteiger partial charge in [-0.15, -0.1) is 0 Å². The molecule has 0 fully saturated rings. The van der Waals surface area contributed by atoms with Crippen LogP contribution >= 0.6 is 0 Å². The summed E-state index contributed by atoms with van der Waals surface area (Å²) in [5, 5.41) is 6.15. The van der Waals surface area contributed by atoms with Gasteiger partial charge in [-0.2, -0.15) is 0 Å². The Morgan fingerprint density at radius 1 is 1.07 bits per heavy atom. The van der Waals surface area contributed by atoms with E-state index in [1.54, 1.807) is 13.0 Å². The Morgan fingerprint density at radius 2 is 1.33 bits per heavy atom. The molecular formula is C10H23NO3Si. The molecule has 0 bridgehead atoms. The summed E-state index contributed by atoms with van der Waals surface area (Å²) in [7, 11) is -2.25. The molecule has 0 aromatic rings. The highest BCUT2D eigenvalue weighted by Gasteiger charge is 2.32. The van der Waals surface area contributed by atoms with E-state index < -0.39 is 8.80 Å². The van der Waals surface area contributed by atoms with E-state index in [4.69, 9.17) is 18.7 Å². The zero-order valence-corrected chi connectivity index (χ0v) is 11.4. The summed E-state index contributed by atoms with van der Waals surface area (Å²) >= 11 is 0. The molecule has 0 saturated carbocycles. The third kappa shape index (κ3) is 11.5. The highest BCUT2D eigenvalue weighted by Crippen LogP contribution is 2.08. The second kappa shape index (κ2) is 11.6. The van der Waals surface area contributed by atoms with Crippen molar-refractivity contribution in [3.8, 4) is 0 Å². The normalized spacial score (nSPS) is 9.93. The first kappa shape index (κ1) is 17.0. The van der Waals surface area contributed by atoms with Crippen molar-refractivity contribution in [2.24, 2.45) is 0 Å². The van der Waals surface area contributed by atoms with Crippen LogP contribution in [-0.2, 0) is 13.3 Å². The van der Waals surface area contributed by atoms with Gasteiger partial charge in [0.15, 0.2) is 0 Å². The van der Waals surface area contributed by atoms with Gasteiger partial charge < -0.3 is 13.3 Å². The van der Waals surface area contributed by atoms with E-state index in [-0.39, 0.29) is 0 Å². The quantitative estimate of drug-likeness (QED) is 0.566. The second-order valence-electron chi connectivity index (χ2n) is 2.59. The SMILES string of the molecule is CC=C=N.CCO[Si](C)(OCC)OCC. The maximum atomic E-state index is 6.15. The van der Waals surface area contributed by atoms with E-state index in [1.807, 2.05) is 27.3 Å². The van der Waals surface area contributed by atoms with Gasteiger partial charge in [0.05, 0.1) is 0 Å². The number of rotatable bonds is 6. The first-order chi connectivity index (χ1) is 7.10. The fourth-order valence-corrected chi connectivity index (χ4v) is 2.73. The molecule has 5 heteroatoms. The lowest BCUT2D eigenvalue weighted by atomic mass is 10.8. The van der Waals surface area contributed by atoms with Crippen LogP contribution in [0.1, 0.15) is 27.7 Å². The van der Waals surface area contributed by atoms with Crippen LogP contribution in [0.2, 0.25) is 6.55 Å². The Balaban J connectivity index is 0. The van der Waals surface area contributed by atoms with Crippen molar-refractivity contribution in [1.82, 2.24) is 0 Å². The van der Waals surface area contributed by atoms with Crippen LogP contribution in [0.4, 0.5) is 0 Å². The van der Waals surface area contributed by atoms with Gasteiger partial charge >= 0.3 is 8.80 Å². The molecule has 0 rings (SSSR count). The van der Waals surface area contributed by atoms with Gasteiger partial charge in [0.2, 0.25) is 0 Å². The van der Waals surface area contributed by atoms with Crippen LogP contribution in [0.15, 0.2) is 6.08 Å². The summed E-state index contributed by atoms with van der Waals surface area (Å²) in [6.07, 6.45) is 1.54.